The standard InChI is InChI=1S/C16H20ClN5O2/c17-14-4-5-18-16(21-14)20-13-2-3-15(19-12-13)24-9-1-6-22-7-10-23-11-8-22/h2-5,12H,1,6-11H2,(H,18,20,21). The molecule has 3 heterocycles. The molecule has 0 aliphatic carbocycles. The van der Waals surface area contributed by atoms with E-state index < -0.39 is 0 Å². The molecule has 0 unspecified atom stereocenters. The third-order valence-corrected chi connectivity index (χ3v) is 3.80. The molecule has 0 amide bonds. The number of nitrogens with zero attached hydrogens (tertiary/aromatic N) is 4. The Morgan fingerprint density at radius 3 is 2.83 bits per heavy atom. The SMILES string of the molecule is Clc1ccnc(Nc2ccc(OCCCN3CCOCC3)nc2)n1. The van der Waals surface area contributed by atoms with Gasteiger partial charge in [-0.1, -0.05) is 11.6 Å². The van der Waals surface area contributed by atoms with Crippen LogP contribution in [0.5, 0.6) is 5.88 Å². The first kappa shape index (κ1) is 16.9. The molecule has 1 fully saturated rings. The van der Waals surface area contributed by atoms with E-state index in [1.807, 2.05) is 12.1 Å². The molecule has 3 rings (SSSR count). The zero-order valence-corrected chi connectivity index (χ0v) is 14.1. The maximum atomic E-state index is 5.83. The summed E-state index contributed by atoms with van der Waals surface area (Å²) in [5.41, 5.74) is 0.776. The number of halogens is 1. The van der Waals surface area contributed by atoms with Crippen molar-refractivity contribution >= 4 is 23.2 Å². The predicted molar refractivity (Wildman–Crippen MR) is 91.9 cm³/mol. The molecule has 0 spiro atoms. The molecule has 0 saturated carbocycles. The van der Waals surface area contributed by atoms with Gasteiger partial charge in [-0.3, -0.25) is 4.90 Å². The third-order valence-electron chi connectivity index (χ3n) is 3.59. The number of nitrogens with one attached hydrogen (secondary N) is 1. The predicted octanol–water partition coefficient (Wildman–Crippen LogP) is 2.37. The number of anilines is 2. The van der Waals surface area contributed by atoms with Crippen LogP contribution in [0.4, 0.5) is 11.6 Å². The van der Waals surface area contributed by atoms with Gasteiger partial charge in [0.15, 0.2) is 0 Å². The van der Waals surface area contributed by atoms with E-state index in [2.05, 4.69) is 25.2 Å². The van der Waals surface area contributed by atoms with Crippen LogP contribution >= 0.6 is 11.6 Å². The fourth-order valence-corrected chi connectivity index (χ4v) is 2.49. The van der Waals surface area contributed by atoms with Crippen LogP contribution < -0.4 is 10.1 Å². The first-order valence-electron chi connectivity index (χ1n) is 7.94. The van der Waals surface area contributed by atoms with Crippen LogP contribution in [-0.4, -0.2) is 59.3 Å². The summed E-state index contributed by atoms with van der Waals surface area (Å²) in [6, 6.07) is 5.31. The molecular weight excluding hydrogens is 330 g/mol. The minimum absolute atomic E-state index is 0.390. The van der Waals surface area contributed by atoms with Crippen molar-refractivity contribution in [2.24, 2.45) is 0 Å². The van der Waals surface area contributed by atoms with Crippen molar-refractivity contribution in [1.82, 2.24) is 19.9 Å². The zero-order valence-electron chi connectivity index (χ0n) is 13.3. The topological polar surface area (TPSA) is 72.4 Å². The second-order valence-electron chi connectivity index (χ2n) is 5.37. The van der Waals surface area contributed by atoms with Crippen molar-refractivity contribution in [3.63, 3.8) is 0 Å². The van der Waals surface area contributed by atoms with E-state index in [-0.39, 0.29) is 0 Å². The highest BCUT2D eigenvalue weighted by Crippen LogP contribution is 2.16. The summed E-state index contributed by atoms with van der Waals surface area (Å²) < 4.78 is 11.0. The molecule has 1 N–H and O–H groups in total. The monoisotopic (exact) mass is 349 g/mol. The van der Waals surface area contributed by atoms with E-state index in [0.717, 1.165) is 45.0 Å². The average Bonchev–Trinajstić information content (AvgIpc) is 2.61. The molecular formula is C16H20ClN5O2. The first-order valence-corrected chi connectivity index (χ1v) is 8.32. The van der Waals surface area contributed by atoms with E-state index in [1.165, 1.54) is 0 Å². The molecule has 8 heteroatoms. The number of aromatic nitrogens is 3. The molecule has 0 atom stereocenters. The largest absolute Gasteiger partial charge is 0.478 e. The normalized spacial score (nSPS) is 15.2. The molecule has 1 saturated heterocycles. The van der Waals surface area contributed by atoms with E-state index in [4.69, 9.17) is 21.1 Å². The summed E-state index contributed by atoms with van der Waals surface area (Å²) >= 11 is 5.83. The second kappa shape index (κ2) is 8.77. The molecule has 0 bridgehead atoms. The summed E-state index contributed by atoms with van der Waals surface area (Å²) in [5.74, 6) is 1.04. The van der Waals surface area contributed by atoms with Crippen molar-refractivity contribution in [1.29, 1.82) is 0 Å². The Balaban J connectivity index is 1.41. The van der Waals surface area contributed by atoms with Crippen molar-refractivity contribution in [2.45, 2.75) is 6.42 Å². The lowest BCUT2D eigenvalue weighted by Gasteiger charge is -2.26. The van der Waals surface area contributed by atoms with Crippen LogP contribution in [-0.2, 0) is 4.74 Å². The Kier molecular flexibility index (Phi) is 6.17. The Hall–Kier alpha value is -1.96. The van der Waals surface area contributed by atoms with Crippen molar-refractivity contribution in [2.75, 3.05) is 44.8 Å². The molecule has 1 aliphatic rings. The maximum Gasteiger partial charge on any atom is 0.228 e. The molecule has 24 heavy (non-hydrogen) atoms. The molecule has 0 aromatic carbocycles. The van der Waals surface area contributed by atoms with E-state index in [0.29, 0.717) is 23.6 Å². The van der Waals surface area contributed by atoms with Crippen molar-refractivity contribution in [3.05, 3.63) is 35.7 Å². The lowest BCUT2D eigenvalue weighted by molar-refractivity contribution is 0.0357. The number of rotatable bonds is 7. The highest BCUT2D eigenvalue weighted by atomic mass is 35.5. The minimum Gasteiger partial charge on any atom is -0.478 e. The fraction of sp³-hybridized carbons (Fsp3) is 0.438. The minimum atomic E-state index is 0.390. The van der Waals surface area contributed by atoms with Gasteiger partial charge in [-0.15, -0.1) is 0 Å². The molecule has 2 aromatic heterocycles. The van der Waals surface area contributed by atoms with Gasteiger partial charge in [-0.05, 0) is 18.6 Å². The van der Waals surface area contributed by atoms with Gasteiger partial charge < -0.3 is 14.8 Å². The third kappa shape index (κ3) is 5.30. The number of ether oxygens (including phenoxy) is 2. The van der Waals surface area contributed by atoms with Crippen LogP contribution in [0.15, 0.2) is 30.6 Å². The average molecular weight is 350 g/mol. The summed E-state index contributed by atoms with van der Waals surface area (Å²) in [6.45, 7) is 5.33. The van der Waals surface area contributed by atoms with E-state index in [1.54, 1.807) is 18.5 Å². The lowest BCUT2D eigenvalue weighted by Crippen LogP contribution is -2.37. The zero-order chi connectivity index (χ0) is 16.6. The van der Waals surface area contributed by atoms with Crippen molar-refractivity contribution < 1.29 is 9.47 Å². The highest BCUT2D eigenvalue weighted by molar-refractivity contribution is 6.29. The summed E-state index contributed by atoms with van der Waals surface area (Å²) in [5, 5.41) is 3.43. The van der Waals surface area contributed by atoms with Gasteiger partial charge in [-0.2, -0.15) is 0 Å². The highest BCUT2D eigenvalue weighted by Gasteiger charge is 2.09. The van der Waals surface area contributed by atoms with Gasteiger partial charge in [0.2, 0.25) is 11.8 Å². The Bertz CT molecular complexity index is 635. The fourth-order valence-electron chi connectivity index (χ4n) is 2.36. The number of pyridine rings is 1. The van der Waals surface area contributed by atoms with E-state index in [9.17, 15) is 0 Å². The number of morpholine rings is 1. The Morgan fingerprint density at radius 2 is 2.08 bits per heavy atom. The smallest absolute Gasteiger partial charge is 0.228 e. The van der Waals surface area contributed by atoms with E-state index >= 15 is 0 Å². The van der Waals surface area contributed by atoms with Gasteiger partial charge in [0.1, 0.15) is 5.15 Å². The Labute approximate surface area is 146 Å². The second-order valence-corrected chi connectivity index (χ2v) is 5.76. The van der Waals surface area contributed by atoms with Gasteiger partial charge >= 0.3 is 0 Å². The van der Waals surface area contributed by atoms with Gasteiger partial charge in [-0.25, -0.2) is 15.0 Å². The van der Waals surface area contributed by atoms with Crippen LogP contribution in [0, 0.1) is 0 Å². The number of hydrogen-bond acceptors (Lipinski definition) is 7. The quantitative estimate of drug-likeness (QED) is 0.607. The van der Waals surface area contributed by atoms with Gasteiger partial charge in [0.25, 0.3) is 0 Å². The molecule has 7 nitrogen and oxygen atoms in total. The van der Waals surface area contributed by atoms with Gasteiger partial charge in [0.05, 0.1) is 31.7 Å². The maximum absolute atomic E-state index is 5.83. The lowest BCUT2D eigenvalue weighted by atomic mass is 10.3. The first-order chi connectivity index (χ1) is 11.8. The molecule has 2 aromatic rings. The molecule has 0 radical (unpaired) electrons. The summed E-state index contributed by atoms with van der Waals surface area (Å²) in [4.78, 5) is 14.8. The summed E-state index contributed by atoms with van der Waals surface area (Å²) in [6.07, 6.45) is 4.25. The Morgan fingerprint density at radius 1 is 1.21 bits per heavy atom. The van der Waals surface area contributed by atoms with Crippen LogP contribution in [0.2, 0.25) is 5.15 Å². The summed E-state index contributed by atoms with van der Waals surface area (Å²) in [7, 11) is 0. The van der Waals surface area contributed by atoms with Crippen LogP contribution in [0.25, 0.3) is 0 Å². The molecule has 1 aliphatic heterocycles. The van der Waals surface area contributed by atoms with Crippen LogP contribution in [0.1, 0.15) is 6.42 Å². The van der Waals surface area contributed by atoms with Gasteiger partial charge in [0, 0.05) is 31.9 Å². The van der Waals surface area contributed by atoms with Crippen LogP contribution in [0.3, 0.4) is 0 Å². The van der Waals surface area contributed by atoms with Crippen molar-refractivity contribution in [3.8, 4) is 5.88 Å². The molecule has 128 valence electrons. The number of hydrogen-bond donors (Lipinski definition) is 1.